The lowest BCUT2D eigenvalue weighted by Crippen LogP contribution is -1.97. The molecule has 6 heteroatoms. The van der Waals surface area contributed by atoms with Gasteiger partial charge in [-0.25, -0.2) is 14.1 Å². The van der Waals surface area contributed by atoms with Crippen LogP contribution in [-0.2, 0) is 7.05 Å². The first-order valence-electron chi connectivity index (χ1n) is 3.95. The van der Waals surface area contributed by atoms with E-state index in [2.05, 4.69) is 15.1 Å². The van der Waals surface area contributed by atoms with Crippen LogP contribution in [0.3, 0.4) is 0 Å². The number of pyridine rings is 1. The number of aromatic nitrogens is 4. The summed E-state index contributed by atoms with van der Waals surface area (Å²) in [6.45, 7) is 0. The van der Waals surface area contributed by atoms with Crippen LogP contribution in [0.2, 0.25) is 0 Å². The molecule has 2 N–H and O–H groups in total. The number of hydrogen-bond donors (Lipinski definition) is 1. The van der Waals surface area contributed by atoms with Gasteiger partial charge in [-0.15, -0.1) is 5.10 Å². The average Bonchev–Trinajstić information content (AvgIpc) is 2.48. The zero-order valence-corrected chi connectivity index (χ0v) is 7.48. The second-order valence-electron chi connectivity index (χ2n) is 2.78. The molecule has 0 saturated heterocycles. The molecule has 0 saturated carbocycles. The van der Waals surface area contributed by atoms with Crippen LogP contribution in [0.4, 0.5) is 10.3 Å². The highest BCUT2D eigenvalue weighted by atomic mass is 19.1. The van der Waals surface area contributed by atoms with Crippen LogP contribution in [0.15, 0.2) is 18.3 Å². The second kappa shape index (κ2) is 3.06. The Balaban J connectivity index is 2.44. The van der Waals surface area contributed by atoms with Crippen LogP contribution >= 0.6 is 0 Å². The largest absolute Gasteiger partial charge is 0.368 e. The molecule has 0 radical (unpaired) electrons. The first-order valence-corrected chi connectivity index (χ1v) is 3.95. The van der Waals surface area contributed by atoms with Gasteiger partial charge in [-0.1, -0.05) is 0 Å². The number of aryl methyl sites for hydroxylation is 1. The first-order chi connectivity index (χ1) is 6.66. The van der Waals surface area contributed by atoms with Crippen LogP contribution in [-0.4, -0.2) is 19.7 Å². The number of nitrogen functional groups attached to an aromatic ring is 1. The van der Waals surface area contributed by atoms with Gasteiger partial charge < -0.3 is 5.73 Å². The molecule has 2 rings (SSSR count). The van der Waals surface area contributed by atoms with Gasteiger partial charge in [-0.2, -0.15) is 4.98 Å². The Hall–Kier alpha value is -1.98. The molecule has 2 aromatic rings. The number of nitrogens with two attached hydrogens (primary N) is 1. The molecule has 0 aliphatic rings. The minimum absolute atomic E-state index is 0.297. The SMILES string of the molecule is Cn1nc(-c2ccc(F)cn2)nc1N. The van der Waals surface area contributed by atoms with E-state index < -0.39 is 5.82 Å². The van der Waals surface area contributed by atoms with Crippen molar-refractivity contribution in [2.45, 2.75) is 0 Å². The lowest BCUT2D eigenvalue weighted by molar-refractivity contribution is 0.621. The normalized spacial score (nSPS) is 10.4. The van der Waals surface area contributed by atoms with Gasteiger partial charge in [0.25, 0.3) is 0 Å². The summed E-state index contributed by atoms with van der Waals surface area (Å²) in [6, 6.07) is 2.80. The fourth-order valence-electron chi connectivity index (χ4n) is 1.01. The van der Waals surface area contributed by atoms with Gasteiger partial charge in [-0.05, 0) is 12.1 Å². The minimum Gasteiger partial charge on any atom is -0.368 e. The molecule has 0 bridgehead atoms. The van der Waals surface area contributed by atoms with Crippen LogP contribution < -0.4 is 5.73 Å². The van der Waals surface area contributed by atoms with Crippen molar-refractivity contribution in [3.8, 4) is 11.5 Å². The molecular formula is C8H8FN5. The lowest BCUT2D eigenvalue weighted by atomic mass is 10.3. The van der Waals surface area contributed by atoms with E-state index in [1.54, 1.807) is 7.05 Å². The lowest BCUT2D eigenvalue weighted by Gasteiger charge is -1.92. The Kier molecular flexibility index (Phi) is 1.88. The maximum absolute atomic E-state index is 12.6. The molecule has 0 spiro atoms. The number of halogens is 1. The average molecular weight is 193 g/mol. The van der Waals surface area contributed by atoms with Gasteiger partial charge in [-0.3, -0.25) is 0 Å². The van der Waals surface area contributed by atoms with E-state index in [4.69, 9.17) is 5.73 Å². The molecule has 0 aliphatic carbocycles. The summed E-state index contributed by atoms with van der Waals surface area (Å²) in [6.07, 6.45) is 1.11. The Morgan fingerprint density at radius 1 is 1.43 bits per heavy atom. The van der Waals surface area contributed by atoms with Crippen molar-refractivity contribution >= 4 is 5.95 Å². The van der Waals surface area contributed by atoms with Gasteiger partial charge in [0.15, 0.2) is 0 Å². The summed E-state index contributed by atoms with van der Waals surface area (Å²) in [5.41, 5.74) is 5.99. The summed E-state index contributed by atoms with van der Waals surface area (Å²) < 4.78 is 14.0. The highest BCUT2D eigenvalue weighted by Crippen LogP contribution is 2.12. The third-order valence-electron chi connectivity index (χ3n) is 1.75. The van der Waals surface area contributed by atoms with Gasteiger partial charge in [0.1, 0.15) is 11.5 Å². The van der Waals surface area contributed by atoms with Gasteiger partial charge in [0, 0.05) is 7.05 Å². The number of hydrogen-bond acceptors (Lipinski definition) is 4. The first kappa shape index (κ1) is 8.61. The molecule has 2 heterocycles. The summed E-state index contributed by atoms with van der Waals surface area (Å²) >= 11 is 0. The standard InChI is InChI=1S/C8H8FN5/c1-14-8(10)12-7(13-14)6-3-2-5(9)4-11-6/h2-4H,1H3,(H2,10,12,13). The van der Waals surface area contributed by atoms with Crippen molar-refractivity contribution in [3.63, 3.8) is 0 Å². The highest BCUT2D eigenvalue weighted by Gasteiger charge is 2.07. The maximum Gasteiger partial charge on any atom is 0.218 e. The predicted octanol–water partition coefficient (Wildman–Crippen LogP) is 0.598. The Bertz CT molecular complexity index is 428. The minimum atomic E-state index is -0.391. The fourth-order valence-corrected chi connectivity index (χ4v) is 1.01. The molecule has 72 valence electrons. The molecule has 0 unspecified atom stereocenters. The third-order valence-corrected chi connectivity index (χ3v) is 1.75. The molecular weight excluding hydrogens is 185 g/mol. The highest BCUT2D eigenvalue weighted by molar-refractivity contribution is 5.49. The molecule has 0 aliphatic heterocycles. The molecule has 5 nitrogen and oxygen atoms in total. The topological polar surface area (TPSA) is 69.6 Å². The third kappa shape index (κ3) is 1.41. The summed E-state index contributed by atoms with van der Waals surface area (Å²) in [4.78, 5) is 7.79. The van der Waals surface area contributed by atoms with Gasteiger partial charge in [0.05, 0.1) is 6.20 Å². The van der Waals surface area contributed by atoms with Crippen molar-refractivity contribution in [3.05, 3.63) is 24.1 Å². The Morgan fingerprint density at radius 3 is 2.71 bits per heavy atom. The van der Waals surface area contributed by atoms with E-state index in [1.165, 1.54) is 16.8 Å². The van der Waals surface area contributed by atoms with Gasteiger partial charge >= 0.3 is 0 Å². The van der Waals surface area contributed by atoms with Crippen molar-refractivity contribution in [2.75, 3.05) is 5.73 Å². The monoisotopic (exact) mass is 193 g/mol. The Labute approximate surface area is 79.4 Å². The molecule has 0 amide bonds. The van der Waals surface area contributed by atoms with Crippen LogP contribution in [0.5, 0.6) is 0 Å². The molecule has 0 aromatic carbocycles. The smallest absolute Gasteiger partial charge is 0.218 e. The van der Waals surface area contributed by atoms with E-state index >= 15 is 0 Å². The molecule has 14 heavy (non-hydrogen) atoms. The summed E-state index contributed by atoms with van der Waals surface area (Å²) in [5, 5.41) is 4.01. The predicted molar refractivity (Wildman–Crippen MR) is 48.6 cm³/mol. The molecule has 0 atom stereocenters. The van der Waals surface area contributed by atoms with Crippen molar-refractivity contribution < 1.29 is 4.39 Å². The number of rotatable bonds is 1. The maximum atomic E-state index is 12.6. The molecule has 2 aromatic heterocycles. The zero-order valence-electron chi connectivity index (χ0n) is 7.48. The van der Waals surface area contributed by atoms with E-state index in [-0.39, 0.29) is 0 Å². The van der Waals surface area contributed by atoms with Crippen LogP contribution in [0, 0.1) is 5.82 Å². The van der Waals surface area contributed by atoms with Crippen LogP contribution in [0.25, 0.3) is 11.5 Å². The van der Waals surface area contributed by atoms with E-state index in [1.807, 2.05) is 0 Å². The van der Waals surface area contributed by atoms with Gasteiger partial charge in [0.2, 0.25) is 11.8 Å². The van der Waals surface area contributed by atoms with E-state index in [9.17, 15) is 4.39 Å². The summed E-state index contributed by atoms with van der Waals surface area (Å²) in [5.74, 6) is 0.300. The van der Waals surface area contributed by atoms with E-state index in [0.717, 1.165) is 6.20 Å². The fraction of sp³-hybridized carbons (Fsp3) is 0.125. The second-order valence-corrected chi connectivity index (χ2v) is 2.78. The van der Waals surface area contributed by atoms with Crippen molar-refractivity contribution in [1.82, 2.24) is 19.7 Å². The summed E-state index contributed by atoms with van der Waals surface area (Å²) in [7, 11) is 1.68. The molecule has 0 fully saturated rings. The zero-order chi connectivity index (χ0) is 10.1. The van der Waals surface area contributed by atoms with Crippen molar-refractivity contribution in [2.24, 2.45) is 7.05 Å². The number of anilines is 1. The van der Waals surface area contributed by atoms with E-state index in [0.29, 0.717) is 17.5 Å². The van der Waals surface area contributed by atoms with Crippen LogP contribution in [0.1, 0.15) is 0 Å². The van der Waals surface area contributed by atoms with Crippen molar-refractivity contribution in [1.29, 1.82) is 0 Å². The number of nitrogens with zero attached hydrogens (tertiary/aromatic N) is 4. The Morgan fingerprint density at radius 2 is 2.21 bits per heavy atom. The quantitative estimate of drug-likeness (QED) is 0.719.